The molecule has 1 atom stereocenters. The fraction of sp³-hybridized carbons (Fsp3) is 0.625. The quantitative estimate of drug-likeness (QED) is 0.833. The van der Waals surface area contributed by atoms with Crippen LogP contribution in [0.3, 0.4) is 0 Å². The minimum atomic E-state index is -0.0213. The summed E-state index contributed by atoms with van der Waals surface area (Å²) in [6.45, 7) is 0.955. The Morgan fingerprint density at radius 1 is 1.11 bits per heavy atom. The lowest BCUT2D eigenvalue weighted by Crippen LogP contribution is -2.28. The molecule has 2 aliphatic carbocycles. The van der Waals surface area contributed by atoms with Gasteiger partial charge in [0.1, 0.15) is 5.82 Å². The second-order valence-corrected chi connectivity index (χ2v) is 5.86. The first kappa shape index (κ1) is 12.2. The lowest BCUT2D eigenvalue weighted by atomic mass is 9.84. The first-order valence-corrected chi connectivity index (χ1v) is 7.32. The van der Waals surface area contributed by atoms with Crippen molar-refractivity contribution in [2.45, 2.75) is 50.5 Å². The molecule has 3 rings (SSSR count). The number of halogens is 1. The van der Waals surface area contributed by atoms with Gasteiger partial charge in [-0.2, -0.15) is 0 Å². The van der Waals surface area contributed by atoms with Crippen molar-refractivity contribution in [2.24, 2.45) is 5.92 Å². The van der Waals surface area contributed by atoms with Crippen molar-refractivity contribution in [1.29, 1.82) is 0 Å². The average molecular weight is 247 g/mol. The van der Waals surface area contributed by atoms with Crippen molar-refractivity contribution in [3.8, 4) is 0 Å². The van der Waals surface area contributed by atoms with Crippen LogP contribution in [0.25, 0.3) is 0 Å². The molecule has 0 heterocycles. The molecule has 0 radical (unpaired) electrons. The first-order chi connectivity index (χ1) is 8.84. The summed E-state index contributed by atoms with van der Waals surface area (Å²) in [5.41, 5.74) is 0.928. The fourth-order valence-corrected chi connectivity index (χ4v) is 3.25. The second kappa shape index (κ2) is 5.40. The van der Waals surface area contributed by atoms with E-state index in [0.717, 1.165) is 12.1 Å². The third-order valence-corrected chi connectivity index (χ3v) is 4.48. The van der Waals surface area contributed by atoms with Gasteiger partial charge < -0.3 is 5.32 Å². The van der Waals surface area contributed by atoms with Gasteiger partial charge in [-0.05, 0) is 43.2 Å². The van der Waals surface area contributed by atoms with E-state index in [1.165, 1.54) is 38.5 Å². The highest BCUT2D eigenvalue weighted by molar-refractivity contribution is 5.23. The Kier molecular flexibility index (Phi) is 3.64. The summed E-state index contributed by atoms with van der Waals surface area (Å²) < 4.78 is 14.0. The van der Waals surface area contributed by atoms with Gasteiger partial charge >= 0.3 is 0 Å². The molecule has 2 aliphatic rings. The van der Waals surface area contributed by atoms with Crippen molar-refractivity contribution >= 4 is 0 Å². The van der Waals surface area contributed by atoms with Gasteiger partial charge in [0, 0.05) is 18.5 Å². The summed E-state index contributed by atoms with van der Waals surface area (Å²) in [5, 5.41) is 3.59. The van der Waals surface area contributed by atoms with Gasteiger partial charge in [0.25, 0.3) is 0 Å². The molecule has 98 valence electrons. The van der Waals surface area contributed by atoms with Crippen LogP contribution in [0.2, 0.25) is 0 Å². The average Bonchev–Trinajstić information content (AvgIpc) is 3.05. The van der Waals surface area contributed by atoms with Crippen LogP contribution in [0.4, 0.5) is 4.39 Å². The molecule has 18 heavy (non-hydrogen) atoms. The monoisotopic (exact) mass is 247 g/mol. The Hall–Kier alpha value is -0.890. The smallest absolute Gasteiger partial charge is 0.126 e. The molecule has 1 aromatic carbocycles. The highest BCUT2D eigenvalue weighted by Crippen LogP contribution is 2.38. The minimum Gasteiger partial charge on any atom is -0.313 e. The first-order valence-electron chi connectivity index (χ1n) is 7.32. The molecule has 0 aliphatic heterocycles. The highest BCUT2D eigenvalue weighted by atomic mass is 19.1. The standard InChI is InChI=1S/C16H22FN/c17-16-8-4-3-7-14(16)15(11-18-13-9-10-13)12-5-1-2-6-12/h3-4,7-8,12-13,15,18H,1-2,5-6,9-11H2. The summed E-state index contributed by atoms with van der Waals surface area (Å²) in [5.74, 6) is 1.02. The molecule has 2 heteroatoms. The number of hydrogen-bond donors (Lipinski definition) is 1. The molecule has 2 fully saturated rings. The van der Waals surface area contributed by atoms with Gasteiger partial charge in [-0.15, -0.1) is 0 Å². The minimum absolute atomic E-state index is 0.0213. The van der Waals surface area contributed by atoms with Crippen LogP contribution in [0.15, 0.2) is 24.3 Å². The predicted octanol–water partition coefficient (Wildman–Crippen LogP) is 3.85. The van der Waals surface area contributed by atoms with Gasteiger partial charge in [-0.1, -0.05) is 31.0 Å². The highest BCUT2D eigenvalue weighted by Gasteiger charge is 2.30. The van der Waals surface area contributed by atoms with E-state index in [-0.39, 0.29) is 5.82 Å². The molecular formula is C16H22FN. The van der Waals surface area contributed by atoms with E-state index in [0.29, 0.717) is 17.9 Å². The molecule has 0 saturated heterocycles. The summed E-state index contributed by atoms with van der Waals surface area (Å²) in [6, 6.07) is 8.05. The van der Waals surface area contributed by atoms with Crippen molar-refractivity contribution in [2.75, 3.05) is 6.54 Å². The van der Waals surface area contributed by atoms with Crippen LogP contribution in [0, 0.1) is 11.7 Å². The van der Waals surface area contributed by atoms with E-state index in [2.05, 4.69) is 5.32 Å². The van der Waals surface area contributed by atoms with Crippen LogP contribution in [-0.4, -0.2) is 12.6 Å². The van der Waals surface area contributed by atoms with Crippen molar-refractivity contribution in [1.82, 2.24) is 5.32 Å². The Bertz CT molecular complexity index is 394. The van der Waals surface area contributed by atoms with Gasteiger partial charge in [0.2, 0.25) is 0 Å². The van der Waals surface area contributed by atoms with Gasteiger partial charge in [-0.25, -0.2) is 4.39 Å². The van der Waals surface area contributed by atoms with E-state index >= 15 is 0 Å². The third kappa shape index (κ3) is 2.74. The molecule has 0 spiro atoms. The van der Waals surface area contributed by atoms with Gasteiger partial charge in [0.05, 0.1) is 0 Å². The lowest BCUT2D eigenvalue weighted by Gasteiger charge is -2.25. The summed E-state index contributed by atoms with van der Waals surface area (Å²) >= 11 is 0. The Balaban J connectivity index is 1.76. The number of benzene rings is 1. The van der Waals surface area contributed by atoms with Gasteiger partial charge in [0.15, 0.2) is 0 Å². The zero-order chi connectivity index (χ0) is 12.4. The van der Waals surface area contributed by atoms with Gasteiger partial charge in [-0.3, -0.25) is 0 Å². The maximum absolute atomic E-state index is 14.0. The lowest BCUT2D eigenvalue weighted by molar-refractivity contribution is 0.397. The van der Waals surface area contributed by atoms with Crippen LogP contribution in [0.1, 0.15) is 50.0 Å². The molecular weight excluding hydrogens is 225 g/mol. The summed E-state index contributed by atoms with van der Waals surface area (Å²) in [4.78, 5) is 0. The molecule has 1 aromatic rings. The normalized spacial score (nSPS) is 22.3. The van der Waals surface area contributed by atoms with Crippen molar-refractivity contribution in [3.05, 3.63) is 35.6 Å². The fourth-order valence-electron chi connectivity index (χ4n) is 3.25. The molecule has 0 bridgehead atoms. The summed E-state index contributed by atoms with van der Waals surface area (Å²) in [7, 11) is 0. The number of hydrogen-bond acceptors (Lipinski definition) is 1. The Morgan fingerprint density at radius 2 is 1.83 bits per heavy atom. The number of nitrogens with one attached hydrogen (secondary N) is 1. The zero-order valence-electron chi connectivity index (χ0n) is 10.9. The van der Waals surface area contributed by atoms with Crippen LogP contribution >= 0.6 is 0 Å². The van der Waals surface area contributed by atoms with Crippen LogP contribution in [-0.2, 0) is 0 Å². The predicted molar refractivity (Wildman–Crippen MR) is 72.1 cm³/mol. The second-order valence-electron chi connectivity index (χ2n) is 5.86. The van der Waals surface area contributed by atoms with E-state index in [1.807, 2.05) is 12.1 Å². The largest absolute Gasteiger partial charge is 0.313 e. The summed E-state index contributed by atoms with van der Waals surface area (Å²) in [6.07, 6.45) is 7.78. The molecule has 0 aromatic heterocycles. The molecule has 2 saturated carbocycles. The molecule has 1 N–H and O–H groups in total. The maximum Gasteiger partial charge on any atom is 0.126 e. The SMILES string of the molecule is Fc1ccccc1C(CNC1CC1)C1CCCC1. The Labute approximate surface area is 109 Å². The van der Waals surface area contributed by atoms with E-state index in [1.54, 1.807) is 12.1 Å². The van der Waals surface area contributed by atoms with Crippen LogP contribution < -0.4 is 5.32 Å². The molecule has 1 unspecified atom stereocenters. The molecule has 0 amide bonds. The van der Waals surface area contributed by atoms with Crippen LogP contribution in [0.5, 0.6) is 0 Å². The molecule has 1 nitrogen and oxygen atoms in total. The Morgan fingerprint density at radius 3 is 2.50 bits per heavy atom. The van der Waals surface area contributed by atoms with E-state index in [4.69, 9.17) is 0 Å². The van der Waals surface area contributed by atoms with E-state index < -0.39 is 0 Å². The third-order valence-electron chi connectivity index (χ3n) is 4.48. The zero-order valence-corrected chi connectivity index (χ0v) is 10.9. The van der Waals surface area contributed by atoms with Crippen molar-refractivity contribution < 1.29 is 4.39 Å². The number of rotatable bonds is 5. The topological polar surface area (TPSA) is 12.0 Å². The van der Waals surface area contributed by atoms with Crippen molar-refractivity contribution in [3.63, 3.8) is 0 Å². The maximum atomic E-state index is 14.0. The van der Waals surface area contributed by atoms with E-state index in [9.17, 15) is 4.39 Å².